The molecular formula is C8H19N3OS. The molecule has 78 valence electrons. The molecule has 0 aromatic carbocycles. The third kappa shape index (κ3) is 5.90. The molecule has 0 fully saturated rings. The highest BCUT2D eigenvalue weighted by Gasteiger charge is 2.12. The van der Waals surface area contributed by atoms with Gasteiger partial charge < -0.3 is 5.73 Å². The number of rotatable bonds is 6. The van der Waals surface area contributed by atoms with Crippen molar-refractivity contribution in [2.45, 2.75) is 25.5 Å². The number of nitrogens with two attached hydrogens (primary N) is 2. The highest BCUT2D eigenvalue weighted by atomic mass is 32.2. The normalized spacial score (nSPS) is 15.1. The number of carbonyl (C=O) groups excluding carboxylic acids is 1. The monoisotopic (exact) mass is 205 g/mol. The van der Waals surface area contributed by atoms with E-state index in [1.807, 2.05) is 6.92 Å². The third-order valence-corrected chi connectivity index (χ3v) is 3.29. The first-order valence-corrected chi connectivity index (χ1v) is 5.48. The van der Waals surface area contributed by atoms with Crippen LogP contribution < -0.4 is 17.0 Å². The lowest BCUT2D eigenvalue weighted by atomic mass is 10.2. The Bertz CT molecular complexity index is 154. The predicted molar refractivity (Wildman–Crippen MR) is 57.1 cm³/mol. The average molecular weight is 205 g/mol. The van der Waals surface area contributed by atoms with Crippen LogP contribution >= 0.6 is 11.8 Å². The summed E-state index contributed by atoms with van der Waals surface area (Å²) in [6.07, 6.45) is 0.988. The second kappa shape index (κ2) is 7.17. The number of amides is 1. The molecule has 0 spiro atoms. The molecule has 0 aliphatic carbocycles. The van der Waals surface area contributed by atoms with Crippen molar-refractivity contribution in [3.05, 3.63) is 0 Å². The molecule has 2 atom stereocenters. The SMILES string of the molecule is CC(CCN)SCC(C)C(=O)NN. The minimum Gasteiger partial charge on any atom is -0.330 e. The lowest BCUT2D eigenvalue weighted by Crippen LogP contribution is -2.35. The molecule has 1 amide bonds. The van der Waals surface area contributed by atoms with E-state index in [1.165, 1.54) is 0 Å². The van der Waals surface area contributed by atoms with Gasteiger partial charge in [-0.25, -0.2) is 5.84 Å². The van der Waals surface area contributed by atoms with Gasteiger partial charge in [-0.1, -0.05) is 13.8 Å². The molecule has 0 radical (unpaired) electrons. The van der Waals surface area contributed by atoms with Gasteiger partial charge in [0.05, 0.1) is 0 Å². The van der Waals surface area contributed by atoms with E-state index < -0.39 is 0 Å². The van der Waals surface area contributed by atoms with E-state index in [0.717, 1.165) is 12.2 Å². The minimum atomic E-state index is -0.104. The molecule has 0 aliphatic heterocycles. The molecule has 13 heavy (non-hydrogen) atoms. The van der Waals surface area contributed by atoms with Gasteiger partial charge in [0.15, 0.2) is 0 Å². The lowest BCUT2D eigenvalue weighted by Gasteiger charge is -2.13. The summed E-state index contributed by atoms with van der Waals surface area (Å²) in [5.74, 6) is 5.67. The van der Waals surface area contributed by atoms with Crippen LogP contribution in [-0.2, 0) is 4.79 Å². The van der Waals surface area contributed by atoms with E-state index in [2.05, 4.69) is 12.3 Å². The topological polar surface area (TPSA) is 81.1 Å². The van der Waals surface area contributed by atoms with Crippen molar-refractivity contribution in [3.8, 4) is 0 Å². The molecule has 5 N–H and O–H groups in total. The number of hydrogen-bond donors (Lipinski definition) is 3. The molecule has 0 saturated heterocycles. The fourth-order valence-electron chi connectivity index (χ4n) is 0.845. The smallest absolute Gasteiger partial charge is 0.237 e. The van der Waals surface area contributed by atoms with Crippen molar-refractivity contribution >= 4 is 17.7 Å². The van der Waals surface area contributed by atoms with Gasteiger partial charge in [-0.2, -0.15) is 11.8 Å². The molecule has 0 aromatic heterocycles. The van der Waals surface area contributed by atoms with E-state index in [9.17, 15) is 4.79 Å². The van der Waals surface area contributed by atoms with Crippen molar-refractivity contribution in [2.24, 2.45) is 17.5 Å². The van der Waals surface area contributed by atoms with E-state index in [-0.39, 0.29) is 11.8 Å². The summed E-state index contributed by atoms with van der Waals surface area (Å²) in [6, 6.07) is 0. The number of nitrogens with one attached hydrogen (secondary N) is 1. The Morgan fingerprint density at radius 2 is 2.15 bits per heavy atom. The molecule has 0 aliphatic rings. The number of hydrazine groups is 1. The average Bonchev–Trinajstić information content (AvgIpc) is 2.13. The zero-order valence-electron chi connectivity index (χ0n) is 8.25. The van der Waals surface area contributed by atoms with Crippen LogP contribution in [0, 0.1) is 5.92 Å². The first-order chi connectivity index (χ1) is 6.11. The lowest BCUT2D eigenvalue weighted by molar-refractivity contribution is -0.123. The molecule has 4 nitrogen and oxygen atoms in total. The summed E-state index contributed by atoms with van der Waals surface area (Å²) in [6.45, 7) is 4.68. The standard InChI is InChI=1S/C8H19N3OS/c1-6(8(12)11-10)5-13-7(2)3-4-9/h6-7H,3-5,9-10H2,1-2H3,(H,11,12). The highest BCUT2D eigenvalue weighted by Crippen LogP contribution is 2.16. The zero-order chi connectivity index (χ0) is 10.3. The quantitative estimate of drug-likeness (QED) is 0.326. The molecule has 2 unspecified atom stereocenters. The van der Waals surface area contributed by atoms with Crippen LogP contribution in [0.4, 0.5) is 0 Å². The summed E-state index contributed by atoms with van der Waals surface area (Å²) >= 11 is 1.76. The maximum Gasteiger partial charge on any atom is 0.237 e. The first-order valence-electron chi connectivity index (χ1n) is 4.44. The van der Waals surface area contributed by atoms with Crippen LogP contribution in [0.2, 0.25) is 0 Å². The number of hydrogen-bond acceptors (Lipinski definition) is 4. The zero-order valence-corrected chi connectivity index (χ0v) is 9.06. The Labute approximate surface area is 83.8 Å². The van der Waals surface area contributed by atoms with Gasteiger partial charge in [-0.05, 0) is 13.0 Å². The van der Waals surface area contributed by atoms with Crippen LogP contribution in [0.3, 0.4) is 0 Å². The molecule has 0 saturated carbocycles. The van der Waals surface area contributed by atoms with Crippen molar-refractivity contribution in [1.82, 2.24) is 5.43 Å². The molecule has 0 heterocycles. The largest absolute Gasteiger partial charge is 0.330 e. The number of carbonyl (C=O) groups is 1. The molecule has 0 aromatic rings. The van der Waals surface area contributed by atoms with Crippen LogP contribution in [0.25, 0.3) is 0 Å². The van der Waals surface area contributed by atoms with Crippen molar-refractivity contribution < 1.29 is 4.79 Å². The Hall–Kier alpha value is -0.260. The van der Waals surface area contributed by atoms with E-state index in [0.29, 0.717) is 11.8 Å². The second-order valence-corrected chi connectivity index (χ2v) is 4.60. The van der Waals surface area contributed by atoms with Crippen molar-refractivity contribution in [1.29, 1.82) is 0 Å². The van der Waals surface area contributed by atoms with Crippen LogP contribution in [0.5, 0.6) is 0 Å². The van der Waals surface area contributed by atoms with E-state index in [1.54, 1.807) is 11.8 Å². The molecule has 0 bridgehead atoms. The molecule has 5 heteroatoms. The van der Waals surface area contributed by atoms with Gasteiger partial charge in [-0.3, -0.25) is 10.2 Å². The Balaban J connectivity index is 3.56. The van der Waals surface area contributed by atoms with Crippen molar-refractivity contribution in [3.63, 3.8) is 0 Å². The third-order valence-electron chi connectivity index (χ3n) is 1.79. The van der Waals surface area contributed by atoms with Crippen molar-refractivity contribution in [2.75, 3.05) is 12.3 Å². The maximum atomic E-state index is 11.0. The van der Waals surface area contributed by atoms with Crippen LogP contribution in [0.1, 0.15) is 20.3 Å². The van der Waals surface area contributed by atoms with Gasteiger partial charge in [0.1, 0.15) is 0 Å². The number of thioether (sulfide) groups is 1. The van der Waals surface area contributed by atoms with Gasteiger partial charge in [0.2, 0.25) is 5.91 Å². The second-order valence-electron chi connectivity index (χ2n) is 3.13. The minimum absolute atomic E-state index is 0.0322. The van der Waals surface area contributed by atoms with Crippen LogP contribution in [0.15, 0.2) is 0 Å². The maximum absolute atomic E-state index is 11.0. The summed E-state index contributed by atoms with van der Waals surface area (Å²) in [7, 11) is 0. The predicted octanol–water partition coefficient (Wildman–Crippen LogP) is 0.0829. The van der Waals surface area contributed by atoms with Gasteiger partial charge >= 0.3 is 0 Å². The van der Waals surface area contributed by atoms with Gasteiger partial charge in [0.25, 0.3) is 0 Å². The Morgan fingerprint density at radius 3 is 2.62 bits per heavy atom. The molecular weight excluding hydrogens is 186 g/mol. The fourth-order valence-corrected chi connectivity index (χ4v) is 1.92. The van der Waals surface area contributed by atoms with E-state index >= 15 is 0 Å². The highest BCUT2D eigenvalue weighted by molar-refractivity contribution is 7.99. The van der Waals surface area contributed by atoms with Gasteiger partial charge in [0, 0.05) is 16.9 Å². The summed E-state index contributed by atoms with van der Waals surface area (Å²) in [5, 5.41) is 0.512. The first kappa shape index (κ1) is 12.7. The summed E-state index contributed by atoms with van der Waals surface area (Å²) in [5.41, 5.74) is 7.55. The summed E-state index contributed by atoms with van der Waals surface area (Å²) in [4.78, 5) is 11.0. The Kier molecular flexibility index (Phi) is 7.03. The molecule has 0 rings (SSSR count). The fraction of sp³-hybridized carbons (Fsp3) is 0.875. The van der Waals surface area contributed by atoms with Crippen LogP contribution in [-0.4, -0.2) is 23.5 Å². The van der Waals surface area contributed by atoms with Gasteiger partial charge in [-0.15, -0.1) is 0 Å². The summed E-state index contributed by atoms with van der Waals surface area (Å²) < 4.78 is 0. The Morgan fingerprint density at radius 1 is 1.54 bits per heavy atom. The van der Waals surface area contributed by atoms with E-state index in [4.69, 9.17) is 11.6 Å².